The number of hydrogen-bond acceptors (Lipinski definition) is 4. The first-order valence-corrected chi connectivity index (χ1v) is 5.54. The summed E-state index contributed by atoms with van der Waals surface area (Å²) in [4.78, 5) is 11.2. The van der Waals surface area contributed by atoms with Crippen LogP contribution in [-0.4, -0.2) is 34.5 Å². The lowest BCUT2D eigenvalue weighted by atomic mass is 10.1. The third kappa shape index (κ3) is 2.09. The van der Waals surface area contributed by atoms with Crippen LogP contribution in [0.2, 0.25) is 0 Å². The summed E-state index contributed by atoms with van der Waals surface area (Å²) in [6.45, 7) is 7.61. The summed E-state index contributed by atoms with van der Waals surface area (Å²) in [7, 11) is 0. The highest BCUT2D eigenvalue weighted by Crippen LogP contribution is 2.22. The van der Waals surface area contributed by atoms with Gasteiger partial charge in [0.25, 0.3) is 0 Å². The van der Waals surface area contributed by atoms with Crippen LogP contribution in [-0.2, 0) is 6.42 Å². The van der Waals surface area contributed by atoms with Crippen LogP contribution in [0.15, 0.2) is 6.20 Å². The molecule has 1 aromatic rings. The van der Waals surface area contributed by atoms with Gasteiger partial charge in [-0.2, -0.15) is 0 Å². The van der Waals surface area contributed by atoms with Gasteiger partial charge in [0.15, 0.2) is 0 Å². The molecule has 1 aliphatic rings. The molecule has 0 saturated heterocycles. The number of likely N-dealkylation sites (N-methyl/N-ethyl adjacent to an activating group) is 1. The Morgan fingerprint density at radius 3 is 3.13 bits per heavy atom. The van der Waals surface area contributed by atoms with Gasteiger partial charge in [0.2, 0.25) is 0 Å². The Balaban J connectivity index is 2.31. The fraction of sp³-hybridized carbons (Fsp3) is 0.636. The fourth-order valence-electron chi connectivity index (χ4n) is 2.15. The molecule has 4 nitrogen and oxygen atoms in total. The van der Waals surface area contributed by atoms with E-state index in [4.69, 9.17) is 5.73 Å². The molecule has 15 heavy (non-hydrogen) atoms. The molecule has 0 aliphatic carbocycles. The maximum atomic E-state index is 5.68. The highest BCUT2D eigenvalue weighted by atomic mass is 15.1. The van der Waals surface area contributed by atoms with Crippen LogP contribution in [0.1, 0.15) is 31.2 Å². The van der Waals surface area contributed by atoms with Crippen molar-refractivity contribution in [1.82, 2.24) is 14.9 Å². The lowest BCUT2D eigenvalue weighted by molar-refractivity contribution is 0.285. The lowest BCUT2D eigenvalue weighted by Gasteiger charge is -2.19. The van der Waals surface area contributed by atoms with E-state index in [2.05, 4.69) is 28.7 Å². The highest BCUT2D eigenvalue weighted by Gasteiger charge is 2.21. The standard InChI is InChI=1S/C11H18N4/c1-3-15-5-4-9-11(8(2)7-15)14-10(12)6-13-9/h6,8H,3-5,7H2,1-2H3,(H2,12,14). The molecular formula is C11H18N4. The maximum absolute atomic E-state index is 5.68. The molecule has 1 atom stereocenters. The van der Waals surface area contributed by atoms with Gasteiger partial charge in [0.1, 0.15) is 5.82 Å². The summed E-state index contributed by atoms with van der Waals surface area (Å²) < 4.78 is 0. The number of nitrogen functional groups attached to an aromatic ring is 1. The molecule has 0 saturated carbocycles. The second-order valence-electron chi connectivity index (χ2n) is 4.17. The van der Waals surface area contributed by atoms with E-state index in [0.717, 1.165) is 37.4 Å². The average Bonchev–Trinajstić information content (AvgIpc) is 2.39. The second kappa shape index (κ2) is 4.14. The molecule has 0 bridgehead atoms. The Morgan fingerprint density at radius 1 is 1.60 bits per heavy atom. The van der Waals surface area contributed by atoms with E-state index in [0.29, 0.717) is 11.7 Å². The molecule has 0 fully saturated rings. The van der Waals surface area contributed by atoms with E-state index in [9.17, 15) is 0 Å². The number of hydrogen-bond donors (Lipinski definition) is 1. The largest absolute Gasteiger partial charge is 0.382 e. The van der Waals surface area contributed by atoms with Gasteiger partial charge >= 0.3 is 0 Å². The van der Waals surface area contributed by atoms with Gasteiger partial charge in [0, 0.05) is 25.4 Å². The Labute approximate surface area is 90.5 Å². The summed E-state index contributed by atoms with van der Waals surface area (Å²) in [5.74, 6) is 0.962. The van der Waals surface area contributed by atoms with Crippen molar-refractivity contribution < 1.29 is 0 Å². The van der Waals surface area contributed by atoms with Crippen LogP contribution in [0, 0.1) is 0 Å². The van der Waals surface area contributed by atoms with Gasteiger partial charge in [-0.25, -0.2) is 4.98 Å². The van der Waals surface area contributed by atoms with Crippen LogP contribution in [0.3, 0.4) is 0 Å². The van der Waals surface area contributed by atoms with Gasteiger partial charge in [-0.15, -0.1) is 0 Å². The predicted molar refractivity (Wildman–Crippen MR) is 60.7 cm³/mol. The van der Waals surface area contributed by atoms with Crippen molar-refractivity contribution >= 4 is 5.82 Å². The molecule has 82 valence electrons. The van der Waals surface area contributed by atoms with E-state index in [1.165, 1.54) is 0 Å². The summed E-state index contributed by atoms with van der Waals surface area (Å²) in [6.07, 6.45) is 2.65. The van der Waals surface area contributed by atoms with Crippen molar-refractivity contribution in [2.75, 3.05) is 25.4 Å². The van der Waals surface area contributed by atoms with Gasteiger partial charge in [-0.1, -0.05) is 13.8 Å². The van der Waals surface area contributed by atoms with E-state index >= 15 is 0 Å². The van der Waals surface area contributed by atoms with E-state index < -0.39 is 0 Å². The number of anilines is 1. The highest BCUT2D eigenvalue weighted by molar-refractivity contribution is 5.30. The maximum Gasteiger partial charge on any atom is 0.142 e. The minimum absolute atomic E-state index is 0.429. The summed E-state index contributed by atoms with van der Waals surface area (Å²) in [5, 5.41) is 0. The van der Waals surface area contributed by atoms with Crippen molar-refractivity contribution in [3.63, 3.8) is 0 Å². The molecule has 0 spiro atoms. The Bertz CT molecular complexity index is 350. The Kier molecular flexibility index (Phi) is 2.86. The van der Waals surface area contributed by atoms with E-state index in [1.807, 2.05) is 0 Å². The van der Waals surface area contributed by atoms with Crippen molar-refractivity contribution in [1.29, 1.82) is 0 Å². The van der Waals surface area contributed by atoms with E-state index in [-0.39, 0.29) is 0 Å². The third-order valence-electron chi connectivity index (χ3n) is 3.01. The minimum Gasteiger partial charge on any atom is -0.382 e. The smallest absolute Gasteiger partial charge is 0.142 e. The first-order chi connectivity index (χ1) is 7.20. The molecule has 2 heterocycles. The average molecular weight is 206 g/mol. The molecule has 0 radical (unpaired) electrons. The molecule has 0 amide bonds. The predicted octanol–water partition coefficient (Wildman–Crippen LogP) is 1.04. The number of nitrogens with zero attached hydrogens (tertiary/aromatic N) is 3. The Morgan fingerprint density at radius 2 is 2.40 bits per heavy atom. The number of rotatable bonds is 1. The molecule has 4 heteroatoms. The lowest BCUT2D eigenvalue weighted by Crippen LogP contribution is -2.27. The zero-order chi connectivity index (χ0) is 10.8. The van der Waals surface area contributed by atoms with Crippen LogP contribution in [0.25, 0.3) is 0 Å². The first kappa shape index (κ1) is 10.4. The van der Waals surface area contributed by atoms with Crippen LogP contribution >= 0.6 is 0 Å². The van der Waals surface area contributed by atoms with Crippen LogP contribution < -0.4 is 5.73 Å². The topological polar surface area (TPSA) is 55.0 Å². The van der Waals surface area contributed by atoms with E-state index in [1.54, 1.807) is 6.20 Å². The molecule has 0 aromatic carbocycles. The van der Waals surface area contributed by atoms with Gasteiger partial charge in [-0.05, 0) is 6.54 Å². The minimum atomic E-state index is 0.429. The van der Waals surface area contributed by atoms with Crippen LogP contribution in [0.5, 0.6) is 0 Å². The normalized spacial score (nSPS) is 22.1. The molecule has 2 rings (SSSR count). The SMILES string of the molecule is CCN1CCc2ncc(N)nc2C(C)C1. The molecule has 1 aliphatic heterocycles. The van der Waals surface area contributed by atoms with Crippen molar-refractivity contribution in [2.24, 2.45) is 0 Å². The number of nitrogens with two attached hydrogens (primary N) is 1. The van der Waals surface area contributed by atoms with Gasteiger partial charge in [0.05, 0.1) is 17.6 Å². The summed E-state index contributed by atoms with van der Waals surface area (Å²) in [6, 6.07) is 0. The first-order valence-electron chi connectivity index (χ1n) is 5.54. The molecule has 2 N–H and O–H groups in total. The van der Waals surface area contributed by atoms with Crippen molar-refractivity contribution in [3.8, 4) is 0 Å². The zero-order valence-corrected chi connectivity index (χ0v) is 9.40. The number of aromatic nitrogens is 2. The second-order valence-corrected chi connectivity index (χ2v) is 4.17. The molecule has 1 aromatic heterocycles. The molecule has 1 unspecified atom stereocenters. The summed E-state index contributed by atoms with van der Waals surface area (Å²) in [5.41, 5.74) is 7.88. The summed E-state index contributed by atoms with van der Waals surface area (Å²) >= 11 is 0. The quantitative estimate of drug-likeness (QED) is 0.746. The monoisotopic (exact) mass is 206 g/mol. The Hall–Kier alpha value is -1.16. The van der Waals surface area contributed by atoms with Crippen molar-refractivity contribution in [3.05, 3.63) is 17.6 Å². The van der Waals surface area contributed by atoms with Gasteiger partial charge in [-0.3, -0.25) is 4.98 Å². The van der Waals surface area contributed by atoms with Gasteiger partial charge < -0.3 is 10.6 Å². The zero-order valence-electron chi connectivity index (χ0n) is 9.40. The van der Waals surface area contributed by atoms with Crippen molar-refractivity contribution in [2.45, 2.75) is 26.2 Å². The fourth-order valence-corrected chi connectivity index (χ4v) is 2.15. The number of fused-ring (bicyclic) bond motifs is 1. The van der Waals surface area contributed by atoms with Crippen LogP contribution in [0.4, 0.5) is 5.82 Å². The third-order valence-corrected chi connectivity index (χ3v) is 3.01. The molecular weight excluding hydrogens is 188 g/mol.